The summed E-state index contributed by atoms with van der Waals surface area (Å²) in [4.78, 5) is 17.2. The number of carbonyl (C=O) groups excluding carboxylic acids is 1. The van der Waals surface area contributed by atoms with Crippen molar-refractivity contribution in [1.29, 1.82) is 0 Å². The van der Waals surface area contributed by atoms with Crippen LogP contribution in [0.15, 0.2) is 53.5 Å². The summed E-state index contributed by atoms with van der Waals surface area (Å²) in [6.45, 7) is 3.38. The van der Waals surface area contributed by atoms with Gasteiger partial charge in [-0.05, 0) is 78.6 Å². The minimum absolute atomic E-state index is 0.00756. The zero-order valence-electron chi connectivity index (χ0n) is 19.1. The average molecular weight is 508 g/mol. The van der Waals surface area contributed by atoms with Crippen LogP contribution in [0.5, 0.6) is 0 Å². The Morgan fingerprint density at radius 2 is 1.89 bits per heavy atom. The first-order chi connectivity index (χ1) is 16.6. The van der Waals surface area contributed by atoms with Gasteiger partial charge in [-0.2, -0.15) is 13.2 Å². The number of nitrogens with one attached hydrogen (secondary N) is 2. The third-order valence-corrected chi connectivity index (χ3v) is 7.04. The topological polar surface area (TPSA) is 53.5 Å². The standard InChI is InChI=1S/C26H26ClF4N3O/c1-15-10-21(34-25(35)22-12-19(26(29,30)31)5-9-23(22)27)8-4-17(15)13-32-24-11-18(14-33-24)16-2-6-20(28)7-3-16/h2-3,5-7,9,11-12,15,17,21H,4,8,10,13-14H2,1H3,(H,32,33)(H,34,35)/t15-,17+,21-/m0/s1. The van der Waals surface area contributed by atoms with Crippen molar-refractivity contribution in [1.82, 2.24) is 10.6 Å². The van der Waals surface area contributed by atoms with Gasteiger partial charge in [-0.1, -0.05) is 30.7 Å². The maximum atomic E-state index is 13.1. The number of amides is 1. The maximum Gasteiger partial charge on any atom is 0.416 e. The Balaban J connectivity index is 1.28. The van der Waals surface area contributed by atoms with E-state index >= 15 is 0 Å². The number of hydrogen-bond acceptors (Lipinski definition) is 3. The summed E-state index contributed by atoms with van der Waals surface area (Å²) in [6.07, 6.45) is -0.266. The van der Waals surface area contributed by atoms with Crippen molar-refractivity contribution in [2.24, 2.45) is 16.8 Å². The van der Waals surface area contributed by atoms with Crippen LogP contribution in [0.2, 0.25) is 5.02 Å². The summed E-state index contributed by atoms with van der Waals surface area (Å²) in [7, 11) is 0. The van der Waals surface area contributed by atoms with E-state index in [0.29, 0.717) is 18.4 Å². The average Bonchev–Trinajstić information content (AvgIpc) is 3.27. The maximum absolute atomic E-state index is 13.1. The summed E-state index contributed by atoms with van der Waals surface area (Å²) in [5.41, 5.74) is 0.903. The molecule has 4 nitrogen and oxygen atoms in total. The van der Waals surface area contributed by atoms with Crippen LogP contribution < -0.4 is 10.6 Å². The smallest absolute Gasteiger partial charge is 0.370 e. The van der Waals surface area contributed by atoms with E-state index in [0.717, 1.165) is 61.0 Å². The molecule has 2 aliphatic rings. The number of aliphatic imine (C=N–C) groups is 1. The Hall–Kier alpha value is -2.87. The SMILES string of the molecule is C[C@H]1C[C@@H](NC(=O)c2cc(C(F)(F)F)ccc2Cl)CC[C@@H]1CNC1=NCC(c2ccc(F)cc2)=C1. The molecule has 1 amide bonds. The molecular formula is C26H26ClF4N3O. The molecule has 1 heterocycles. The lowest BCUT2D eigenvalue weighted by atomic mass is 9.78. The summed E-state index contributed by atoms with van der Waals surface area (Å²) < 4.78 is 52.2. The fourth-order valence-electron chi connectivity index (χ4n) is 4.64. The largest absolute Gasteiger partial charge is 0.416 e. The molecule has 186 valence electrons. The van der Waals surface area contributed by atoms with E-state index in [1.807, 2.05) is 6.08 Å². The number of nitrogens with zero attached hydrogens (tertiary/aromatic N) is 1. The lowest BCUT2D eigenvalue weighted by Crippen LogP contribution is -2.42. The van der Waals surface area contributed by atoms with Crippen LogP contribution in [0.4, 0.5) is 17.6 Å². The van der Waals surface area contributed by atoms with Crippen LogP contribution in [0.25, 0.3) is 5.57 Å². The number of hydrogen-bond donors (Lipinski definition) is 2. The molecular weight excluding hydrogens is 482 g/mol. The molecule has 1 fully saturated rings. The lowest BCUT2D eigenvalue weighted by Gasteiger charge is -2.35. The van der Waals surface area contributed by atoms with Gasteiger partial charge >= 0.3 is 6.18 Å². The van der Waals surface area contributed by atoms with Gasteiger partial charge in [-0.25, -0.2) is 4.39 Å². The van der Waals surface area contributed by atoms with Gasteiger partial charge in [0, 0.05) is 12.6 Å². The normalized spacial score (nSPS) is 22.4. The minimum Gasteiger partial charge on any atom is -0.370 e. The Labute approximate surface area is 206 Å². The van der Waals surface area contributed by atoms with E-state index in [9.17, 15) is 22.4 Å². The molecule has 1 saturated carbocycles. The first-order valence-electron chi connectivity index (χ1n) is 11.5. The molecule has 0 bridgehead atoms. The third-order valence-electron chi connectivity index (χ3n) is 6.71. The van der Waals surface area contributed by atoms with E-state index < -0.39 is 17.6 Å². The fraction of sp³-hybridized carbons (Fsp3) is 0.385. The van der Waals surface area contributed by atoms with Crippen LogP contribution in [-0.2, 0) is 6.18 Å². The zero-order chi connectivity index (χ0) is 25.2. The Morgan fingerprint density at radius 3 is 2.57 bits per heavy atom. The summed E-state index contributed by atoms with van der Waals surface area (Å²) in [5, 5.41) is 6.24. The first-order valence-corrected chi connectivity index (χ1v) is 11.9. The van der Waals surface area contributed by atoms with Crippen molar-refractivity contribution in [2.75, 3.05) is 13.1 Å². The predicted molar refractivity (Wildman–Crippen MR) is 129 cm³/mol. The first kappa shape index (κ1) is 25.2. The lowest BCUT2D eigenvalue weighted by molar-refractivity contribution is -0.137. The number of benzene rings is 2. The molecule has 2 aromatic rings. The van der Waals surface area contributed by atoms with Gasteiger partial charge in [0.1, 0.15) is 11.7 Å². The van der Waals surface area contributed by atoms with Gasteiger partial charge in [-0.15, -0.1) is 0 Å². The van der Waals surface area contributed by atoms with Crippen molar-refractivity contribution in [3.05, 3.63) is 76.1 Å². The zero-order valence-corrected chi connectivity index (χ0v) is 19.9. The molecule has 0 radical (unpaired) electrons. The Morgan fingerprint density at radius 1 is 1.14 bits per heavy atom. The van der Waals surface area contributed by atoms with Crippen LogP contribution in [0, 0.1) is 17.7 Å². The highest BCUT2D eigenvalue weighted by Crippen LogP contribution is 2.33. The Bertz CT molecular complexity index is 1140. The number of carbonyl (C=O) groups is 1. The van der Waals surface area contributed by atoms with Gasteiger partial charge in [0.2, 0.25) is 0 Å². The fourth-order valence-corrected chi connectivity index (χ4v) is 4.84. The van der Waals surface area contributed by atoms with E-state index in [-0.39, 0.29) is 22.4 Å². The van der Waals surface area contributed by atoms with Crippen LogP contribution in [0.1, 0.15) is 47.7 Å². The van der Waals surface area contributed by atoms with Crippen molar-refractivity contribution in [2.45, 2.75) is 38.4 Å². The number of amidine groups is 1. The highest BCUT2D eigenvalue weighted by atomic mass is 35.5. The quantitative estimate of drug-likeness (QED) is 0.479. The molecule has 1 aliphatic heterocycles. The Kier molecular flexibility index (Phi) is 7.50. The van der Waals surface area contributed by atoms with E-state index in [4.69, 9.17) is 11.6 Å². The van der Waals surface area contributed by atoms with Gasteiger partial charge in [-0.3, -0.25) is 9.79 Å². The highest BCUT2D eigenvalue weighted by molar-refractivity contribution is 6.33. The third kappa shape index (κ3) is 6.23. The van der Waals surface area contributed by atoms with Crippen molar-refractivity contribution >= 4 is 28.9 Å². The van der Waals surface area contributed by atoms with Crippen molar-refractivity contribution in [3.8, 4) is 0 Å². The van der Waals surface area contributed by atoms with Crippen molar-refractivity contribution in [3.63, 3.8) is 0 Å². The summed E-state index contributed by atoms with van der Waals surface area (Å²) in [6, 6.07) is 8.98. The second-order valence-corrected chi connectivity index (χ2v) is 9.58. The monoisotopic (exact) mass is 507 g/mol. The second-order valence-electron chi connectivity index (χ2n) is 9.17. The number of alkyl halides is 3. The van der Waals surface area contributed by atoms with Gasteiger partial charge < -0.3 is 10.6 Å². The van der Waals surface area contributed by atoms with E-state index in [1.54, 1.807) is 12.1 Å². The van der Waals surface area contributed by atoms with Crippen LogP contribution in [-0.4, -0.2) is 30.9 Å². The molecule has 2 aromatic carbocycles. The molecule has 4 rings (SSSR count). The molecule has 1 aliphatic carbocycles. The minimum atomic E-state index is -4.54. The molecule has 9 heteroatoms. The van der Waals surface area contributed by atoms with Gasteiger partial charge in [0.15, 0.2) is 0 Å². The summed E-state index contributed by atoms with van der Waals surface area (Å²) >= 11 is 6.00. The van der Waals surface area contributed by atoms with Gasteiger partial charge in [0.25, 0.3) is 5.91 Å². The number of halogens is 5. The molecule has 0 aromatic heterocycles. The van der Waals surface area contributed by atoms with Crippen LogP contribution in [0.3, 0.4) is 0 Å². The molecule has 3 atom stereocenters. The highest BCUT2D eigenvalue weighted by Gasteiger charge is 2.33. The molecule has 35 heavy (non-hydrogen) atoms. The second kappa shape index (κ2) is 10.4. The summed E-state index contributed by atoms with van der Waals surface area (Å²) in [5.74, 6) is 0.595. The van der Waals surface area contributed by atoms with E-state index in [1.165, 1.54) is 12.1 Å². The van der Waals surface area contributed by atoms with E-state index in [2.05, 4.69) is 22.5 Å². The van der Waals surface area contributed by atoms with Gasteiger partial charge in [0.05, 0.1) is 22.7 Å². The predicted octanol–water partition coefficient (Wildman–Crippen LogP) is 6.12. The number of rotatable bonds is 5. The molecule has 0 saturated heterocycles. The van der Waals surface area contributed by atoms with Crippen LogP contribution >= 0.6 is 11.6 Å². The van der Waals surface area contributed by atoms with Crippen molar-refractivity contribution < 1.29 is 22.4 Å². The molecule has 2 N–H and O–H groups in total. The molecule has 0 unspecified atom stereocenters. The molecule has 0 spiro atoms.